The first-order valence-electron chi connectivity index (χ1n) is 17.2. The van der Waals surface area contributed by atoms with Gasteiger partial charge >= 0.3 is 11.9 Å². The molecule has 250 valence electrons. The van der Waals surface area contributed by atoms with E-state index in [9.17, 15) is 14.7 Å². The second-order valence-corrected chi connectivity index (χ2v) is 16.5. The highest BCUT2D eigenvalue weighted by Crippen LogP contribution is 2.77. The smallest absolute Gasteiger partial charge is 0.312 e. The Balaban J connectivity index is 1.33. The Morgan fingerprint density at radius 2 is 1.84 bits per heavy atom. The molecule has 11 atom stereocenters. The van der Waals surface area contributed by atoms with Crippen molar-refractivity contribution in [2.75, 3.05) is 13.7 Å². The number of nitrogens with zero attached hydrogens (tertiary/aromatic N) is 3. The maximum atomic E-state index is 14.2. The average molecular weight is 626 g/mol. The standard InChI is InChI=1S/C36H55N3O6/c1-22(2)23-10-13-36(31(42)44-17-9-16-39-21-37-20-38-39)15-14-33(5)24(29(23)36)18-25(40)30-34(33,6)12-11-26-32(3,4)45-27(35(26,30)7)19-28(41)43-8/h20-21,23-27,29-30,40H,1,9-19H2,2-8H3/t23-,24+,25+,26?,27?,29+,30-,33+,34+,35+,36-/m0/s1. The van der Waals surface area contributed by atoms with Crippen LogP contribution >= 0.6 is 0 Å². The van der Waals surface area contributed by atoms with Gasteiger partial charge in [0.1, 0.15) is 12.7 Å². The summed E-state index contributed by atoms with van der Waals surface area (Å²) in [5, 5.41) is 16.6. The normalized spacial score (nSPS) is 44.7. The number of allylic oxidation sites excluding steroid dienone is 1. The SMILES string of the molecule is C=C(C)[C@@H]1CC[C@]2(C(=O)OCCCn3cncn3)CC[C@]3(C)[C@H](C[C@@H](O)[C@@H]4[C@@]5(C)C(CC(=O)OC)OC(C)(C)C5CC[C@]43C)[C@@H]12. The number of carbonyl (C=O) groups excluding carboxylic acids is 2. The van der Waals surface area contributed by atoms with E-state index < -0.39 is 17.1 Å². The molecule has 9 heteroatoms. The fraction of sp³-hybridized carbons (Fsp3) is 0.833. The summed E-state index contributed by atoms with van der Waals surface area (Å²) in [6.07, 6.45) is 9.24. The summed E-state index contributed by atoms with van der Waals surface area (Å²) in [5.74, 6) is 0.299. The molecule has 1 aliphatic heterocycles. The van der Waals surface area contributed by atoms with E-state index in [0.29, 0.717) is 26.0 Å². The van der Waals surface area contributed by atoms with Crippen molar-refractivity contribution in [1.29, 1.82) is 0 Å². The summed E-state index contributed by atoms with van der Waals surface area (Å²) in [4.78, 5) is 30.9. The number of esters is 2. The Labute approximate surface area is 268 Å². The van der Waals surface area contributed by atoms with Crippen molar-refractivity contribution in [2.24, 2.45) is 51.2 Å². The van der Waals surface area contributed by atoms with E-state index in [0.717, 1.165) is 44.1 Å². The Morgan fingerprint density at radius 1 is 1.09 bits per heavy atom. The molecule has 1 saturated heterocycles. The molecule has 6 rings (SSSR count). The average Bonchev–Trinajstić information content (AvgIpc) is 3.68. The number of aliphatic hydroxyl groups excluding tert-OH is 1. The Morgan fingerprint density at radius 3 is 2.51 bits per heavy atom. The van der Waals surface area contributed by atoms with Gasteiger partial charge in [-0.25, -0.2) is 4.98 Å². The van der Waals surface area contributed by atoms with E-state index in [2.05, 4.69) is 58.2 Å². The minimum absolute atomic E-state index is 0.0395. The molecule has 2 heterocycles. The lowest BCUT2D eigenvalue weighted by Gasteiger charge is -2.71. The van der Waals surface area contributed by atoms with Crippen molar-refractivity contribution >= 4 is 11.9 Å². The monoisotopic (exact) mass is 625 g/mol. The van der Waals surface area contributed by atoms with Gasteiger partial charge < -0.3 is 19.3 Å². The molecular formula is C36H55N3O6. The maximum absolute atomic E-state index is 14.2. The van der Waals surface area contributed by atoms with Gasteiger partial charge in [-0.3, -0.25) is 14.3 Å². The van der Waals surface area contributed by atoms with Crippen molar-refractivity contribution in [1.82, 2.24) is 14.8 Å². The summed E-state index contributed by atoms with van der Waals surface area (Å²) in [7, 11) is 1.43. The molecule has 4 aliphatic carbocycles. The van der Waals surface area contributed by atoms with Crippen LogP contribution in [0.5, 0.6) is 0 Å². The van der Waals surface area contributed by atoms with E-state index in [-0.39, 0.29) is 70.3 Å². The molecule has 1 aromatic heterocycles. The second-order valence-electron chi connectivity index (χ2n) is 16.5. The van der Waals surface area contributed by atoms with E-state index in [1.165, 1.54) is 13.4 Å². The number of rotatable bonds is 8. The zero-order valence-electron chi connectivity index (χ0n) is 28.5. The van der Waals surface area contributed by atoms with Gasteiger partial charge in [0.05, 0.1) is 43.4 Å². The topological polar surface area (TPSA) is 113 Å². The van der Waals surface area contributed by atoms with Crippen molar-refractivity contribution in [3.8, 4) is 0 Å². The van der Waals surface area contributed by atoms with Crippen LogP contribution in [-0.2, 0) is 30.3 Å². The van der Waals surface area contributed by atoms with E-state index >= 15 is 0 Å². The number of hydrogen-bond donors (Lipinski definition) is 1. The van der Waals surface area contributed by atoms with Crippen LogP contribution in [0.2, 0.25) is 0 Å². The third-order valence-corrected chi connectivity index (χ3v) is 14.4. The summed E-state index contributed by atoms with van der Waals surface area (Å²) in [5.41, 5.74) is -0.522. The fourth-order valence-corrected chi connectivity index (χ4v) is 12.3. The highest BCUT2D eigenvalue weighted by molar-refractivity contribution is 5.78. The van der Waals surface area contributed by atoms with Crippen LogP contribution in [0.3, 0.4) is 0 Å². The van der Waals surface area contributed by atoms with Gasteiger partial charge in [-0.1, -0.05) is 32.9 Å². The van der Waals surface area contributed by atoms with Gasteiger partial charge in [-0.05, 0) is 106 Å². The van der Waals surface area contributed by atoms with E-state index in [1.54, 1.807) is 11.0 Å². The van der Waals surface area contributed by atoms with Gasteiger partial charge in [0.15, 0.2) is 0 Å². The summed E-state index contributed by atoms with van der Waals surface area (Å²) in [6, 6.07) is 0. The molecule has 0 spiro atoms. The van der Waals surface area contributed by atoms with Gasteiger partial charge in [-0.2, -0.15) is 5.10 Å². The number of ether oxygens (including phenoxy) is 3. The number of hydrogen-bond acceptors (Lipinski definition) is 8. The fourth-order valence-electron chi connectivity index (χ4n) is 12.3. The molecule has 4 saturated carbocycles. The molecule has 1 aromatic rings. The Bertz CT molecular complexity index is 1310. The van der Waals surface area contributed by atoms with Crippen LogP contribution in [0, 0.1) is 51.2 Å². The minimum atomic E-state index is -0.570. The number of aryl methyl sites for hydroxylation is 1. The molecule has 45 heavy (non-hydrogen) atoms. The molecule has 5 aliphatic rings. The van der Waals surface area contributed by atoms with Crippen LogP contribution in [0.25, 0.3) is 0 Å². The number of methoxy groups -OCH3 is 1. The number of fused-ring (bicyclic) bond motifs is 7. The van der Waals surface area contributed by atoms with Crippen molar-refractivity contribution in [3.63, 3.8) is 0 Å². The first kappa shape index (κ1) is 32.7. The molecule has 5 fully saturated rings. The van der Waals surface area contributed by atoms with Crippen LogP contribution in [0.15, 0.2) is 24.8 Å². The number of carbonyl (C=O) groups is 2. The highest BCUT2D eigenvalue weighted by atomic mass is 16.5. The third-order valence-electron chi connectivity index (χ3n) is 14.4. The van der Waals surface area contributed by atoms with E-state index in [4.69, 9.17) is 14.2 Å². The minimum Gasteiger partial charge on any atom is -0.469 e. The molecule has 1 N–H and O–H groups in total. The lowest BCUT2D eigenvalue weighted by molar-refractivity contribution is -0.255. The largest absolute Gasteiger partial charge is 0.469 e. The Kier molecular flexibility index (Phi) is 8.11. The van der Waals surface area contributed by atoms with Crippen LogP contribution in [-0.4, -0.2) is 63.3 Å². The third kappa shape index (κ3) is 4.68. The van der Waals surface area contributed by atoms with Gasteiger partial charge in [0.2, 0.25) is 0 Å². The first-order chi connectivity index (χ1) is 21.2. The summed E-state index contributed by atoms with van der Waals surface area (Å²) in [6.45, 7) is 19.0. The second kappa shape index (κ2) is 11.2. The van der Waals surface area contributed by atoms with Crippen LogP contribution in [0.1, 0.15) is 99.3 Å². The quantitative estimate of drug-likeness (QED) is 0.221. The van der Waals surface area contributed by atoms with Crippen LogP contribution < -0.4 is 0 Å². The first-order valence-corrected chi connectivity index (χ1v) is 17.2. The van der Waals surface area contributed by atoms with Crippen LogP contribution in [0.4, 0.5) is 0 Å². The molecular weight excluding hydrogens is 570 g/mol. The number of aliphatic hydroxyl groups is 1. The molecule has 0 radical (unpaired) electrons. The number of aromatic nitrogens is 3. The van der Waals surface area contributed by atoms with Gasteiger partial charge in [0, 0.05) is 18.4 Å². The molecule has 0 bridgehead atoms. The zero-order valence-corrected chi connectivity index (χ0v) is 28.5. The van der Waals surface area contributed by atoms with Gasteiger partial charge in [-0.15, -0.1) is 0 Å². The maximum Gasteiger partial charge on any atom is 0.312 e. The van der Waals surface area contributed by atoms with Crippen molar-refractivity contribution in [3.05, 3.63) is 24.8 Å². The highest BCUT2D eigenvalue weighted by Gasteiger charge is 2.76. The van der Waals surface area contributed by atoms with Crippen molar-refractivity contribution < 1.29 is 28.9 Å². The molecule has 0 amide bonds. The predicted octanol–water partition coefficient (Wildman–Crippen LogP) is 5.76. The Hall–Kier alpha value is -2.26. The molecule has 2 unspecified atom stereocenters. The molecule has 9 nitrogen and oxygen atoms in total. The summed E-state index contributed by atoms with van der Waals surface area (Å²) >= 11 is 0. The zero-order chi connectivity index (χ0) is 32.6. The predicted molar refractivity (Wildman–Crippen MR) is 169 cm³/mol. The lowest BCUT2D eigenvalue weighted by Crippen LogP contribution is -2.69. The van der Waals surface area contributed by atoms with Gasteiger partial charge in [0.25, 0.3) is 0 Å². The lowest BCUT2D eigenvalue weighted by atomic mass is 9.33. The van der Waals surface area contributed by atoms with E-state index in [1.807, 2.05) is 0 Å². The summed E-state index contributed by atoms with van der Waals surface area (Å²) < 4.78 is 19.7. The van der Waals surface area contributed by atoms with Crippen molar-refractivity contribution in [2.45, 2.75) is 124 Å². The molecule has 0 aromatic carbocycles.